The monoisotopic (exact) mass is 508 g/mol. The minimum absolute atomic E-state index is 0.00286. The van der Waals surface area contributed by atoms with Crippen molar-refractivity contribution in [3.8, 4) is 23.0 Å². The molecule has 0 saturated heterocycles. The second-order valence-corrected chi connectivity index (χ2v) is 8.65. The molecule has 0 radical (unpaired) electrons. The molecule has 4 rings (SSSR count). The second-order valence-electron chi connectivity index (χ2n) is 8.65. The Morgan fingerprint density at radius 1 is 1.22 bits per heavy atom. The number of ether oxygens (including phenoxy) is 1. The van der Waals surface area contributed by atoms with E-state index in [0.29, 0.717) is 16.7 Å². The molecule has 0 aliphatic heterocycles. The maximum atomic E-state index is 14.3. The first kappa shape index (κ1) is 25.9. The lowest BCUT2D eigenvalue weighted by Gasteiger charge is -2.26. The van der Waals surface area contributed by atoms with Crippen molar-refractivity contribution in [1.82, 2.24) is 9.55 Å². The van der Waals surface area contributed by atoms with E-state index in [1.165, 1.54) is 42.3 Å². The highest BCUT2D eigenvalue weighted by atomic mass is 19.4. The Bertz CT molecular complexity index is 1530. The van der Waals surface area contributed by atoms with Gasteiger partial charge in [-0.15, -0.1) is 0 Å². The summed E-state index contributed by atoms with van der Waals surface area (Å²) >= 11 is 0. The lowest BCUT2D eigenvalue weighted by molar-refractivity contribution is -0.240. The van der Waals surface area contributed by atoms with Crippen molar-refractivity contribution in [3.05, 3.63) is 93.2 Å². The third-order valence-corrected chi connectivity index (χ3v) is 6.13. The molecule has 190 valence electrons. The Labute approximate surface area is 211 Å². The maximum Gasteiger partial charge on any atom is 0.433 e. The number of hydrogen-bond acceptors (Lipinski definition) is 5. The summed E-state index contributed by atoms with van der Waals surface area (Å²) in [6, 6.07) is 8.67. The van der Waals surface area contributed by atoms with Crippen LogP contribution >= 0.6 is 0 Å². The van der Waals surface area contributed by atoms with Crippen LogP contribution in [0.3, 0.4) is 0 Å². The number of pyridine rings is 2. The normalized spacial score (nSPS) is 14.5. The Hall–Kier alpha value is -4.16. The molecule has 0 fully saturated rings. The molecule has 6 nitrogen and oxygen atoms in total. The van der Waals surface area contributed by atoms with E-state index in [4.69, 9.17) is 4.74 Å². The molecule has 1 N–H and O–H groups in total. The summed E-state index contributed by atoms with van der Waals surface area (Å²) in [5.41, 5.74) is -2.38. The van der Waals surface area contributed by atoms with Gasteiger partial charge in [-0.05, 0) is 43.0 Å². The van der Waals surface area contributed by atoms with Gasteiger partial charge in [-0.25, -0.2) is 4.79 Å². The smallest absolute Gasteiger partial charge is 0.433 e. The Kier molecular flexibility index (Phi) is 6.80. The molecule has 1 aromatic carbocycles. The number of carbonyl (C=O) groups is 1. The van der Waals surface area contributed by atoms with E-state index >= 15 is 0 Å². The van der Waals surface area contributed by atoms with Crippen molar-refractivity contribution in [2.45, 2.75) is 32.0 Å². The number of aromatic nitrogens is 2. The molecule has 9 heteroatoms. The molecule has 1 aliphatic rings. The number of carbonyl (C=O) groups excluding carboxylic acids is 1. The number of benzene rings is 1. The molecule has 1 atom stereocenters. The number of aryl methyl sites for hydroxylation is 1. The lowest BCUT2D eigenvalue weighted by Crippen LogP contribution is -2.41. The van der Waals surface area contributed by atoms with Crippen molar-refractivity contribution >= 4 is 11.5 Å². The summed E-state index contributed by atoms with van der Waals surface area (Å²) in [4.78, 5) is 29.4. The van der Waals surface area contributed by atoms with E-state index in [1.54, 1.807) is 32.0 Å². The maximum absolute atomic E-state index is 14.3. The molecule has 3 aromatic rings. The number of alkyl halides is 3. The zero-order valence-electron chi connectivity index (χ0n) is 20.3. The van der Waals surface area contributed by atoms with Gasteiger partial charge in [0.25, 0.3) is 5.56 Å². The van der Waals surface area contributed by atoms with Crippen LogP contribution in [0.4, 0.5) is 13.2 Å². The molecular weight excluding hydrogens is 485 g/mol. The average Bonchev–Trinajstić information content (AvgIpc) is 3.22. The summed E-state index contributed by atoms with van der Waals surface area (Å²) < 4.78 is 49.2. The quantitative estimate of drug-likeness (QED) is 0.423. The van der Waals surface area contributed by atoms with Crippen LogP contribution in [0, 0.1) is 11.8 Å². The number of halogens is 3. The van der Waals surface area contributed by atoms with Crippen LogP contribution in [0.1, 0.15) is 36.1 Å². The van der Waals surface area contributed by atoms with Gasteiger partial charge in [0.15, 0.2) is 0 Å². The number of rotatable bonds is 4. The minimum Gasteiger partial charge on any atom is -0.462 e. The first-order chi connectivity index (χ1) is 17.5. The van der Waals surface area contributed by atoms with Crippen molar-refractivity contribution in [1.29, 1.82) is 0 Å². The molecule has 0 amide bonds. The first-order valence-electron chi connectivity index (χ1n) is 11.4. The lowest BCUT2D eigenvalue weighted by atomic mass is 9.90. The van der Waals surface area contributed by atoms with E-state index < -0.39 is 28.9 Å². The molecule has 0 saturated carbocycles. The fraction of sp³-hybridized carbons (Fsp3) is 0.250. The third-order valence-electron chi connectivity index (χ3n) is 6.13. The third kappa shape index (κ3) is 4.68. The zero-order chi connectivity index (χ0) is 27.0. The molecule has 1 unspecified atom stereocenters. The largest absolute Gasteiger partial charge is 0.462 e. The SMILES string of the molecule is CCOC(=O)C1=C(C)Cc2c1c(C#CC(O)(c1cccc(-c3cccnc3)c1)C(F)(F)F)cn(C)c2=O. The van der Waals surface area contributed by atoms with Gasteiger partial charge < -0.3 is 14.4 Å². The van der Waals surface area contributed by atoms with Crippen LogP contribution in [0.25, 0.3) is 16.7 Å². The van der Waals surface area contributed by atoms with Crippen LogP contribution in [0.2, 0.25) is 0 Å². The number of nitrogens with zero attached hydrogens (tertiary/aromatic N) is 2. The number of hydrogen-bond donors (Lipinski definition) is 1. The van der Waals surface area contributed by atoms with Crippen LogP contribution in [0.15, 0.2) is 65.4 Å². The molecule has 2 aromatic heterocycles. The van der Waals surface area contributed by atoms with Crippen molar-refractivity contribution in [3.63, 3.8) is 0 Å². The Balaban J connectivity index is 1.90. The minimum atomic E-state index is -5.16. The van der Waals surface area contributed by atoms with Crippen LogP contribution in [-0.2, 0) is 28.6 Å². The van der Waals surface area contributed by atoms with Crippen LogP contribution in [-0.4, -0.2) is 33.4 Å². The number of fused-ring (bicyclic) bond motifs is 1. The number of esters is 1. The van der Waals surface area contributed by atoms with Gasteiger partial charge in [0, 0.05) is 54.3 Å². The highest BCUT2D eigenvalue weighted by Crippen LogP contribution is 2.40. The van der Waals surface area contributed by atoms with E-state index in [2.05, 4.69) is 10.9 Å². The summed E-state index contributed by atoms with van der Waals surface area (Å²) in [7, 11) is 1.44. The van der Waals surface area contributed by atoms with Crippen molar-refractivity contribution in [2.24, 2.45) is 7.05 Å². The predicted octanol–water partition coefficient (Wildman–Crippen LogP) is 4.14. The van der Waals surface area contributed by atoms with Crippen molar-refractivity contribution in [2.75, 3.05) is 6.61 Å². The van der Waals surface area contributed by atoms with Gasteiger partial charge in [-0.2, -0.15) is 13.2 Å². The first-order valence-corrected chi connectivity index (χ1v) is 11.4. The summed E-state index contributed by atoms with van der Waals surface area (Å²) in [6.07, 6.45) is -0.724. The fourth-order valence-electron chi connectivity index (χ4n) is 4.31. The molecule has 2 heterocycles. The van der Waals surface area contributed by atoms with Crippen LogP contribution < -0.4 is 5.56 Å². The van der Waals surface area contributed by atoms with Gasteiger partial charge in [0.1, 0.15) is 0 Å². The number of aliphatic hydroxyl groups is 1. The molecule has 1 aliphatic carbocycles. The number of allylic oxidation sites excluding steroid dienone is 1. The summed E-state index contributed by atoms with van der Waals surface area (Å²) in [5.74, 6) is 3.75. The topological polar surface area (TPSA) is 81.4 Å². The predicted molar refractivity (Wildman–Crippen MR) is 131 cm³/mol. The van der Waals surface area contributed by atoms with Gasteiger partial charge in [-0.3, -0.25) is 9.78 Å². The highest BCUT2D eigenvalue weighted by molar-refractivity contribution is 6.19. The average molecular weight is 508 g/mol. The van der Waals surface area contributed by atoms with Gasteiger partial charge in [-0.1, -0.05) is 35.8 Å². The van der Waals surface area contributed by atoms with Crippen LogP contribution in [0.5, 0.6) is 0 Å². The molecule has 0 spiro atoms. The van der Waals surface area contributed by atoms with E-state index in [1.807, 2.05) is 5.92 Å². The van der Waals surface area contributed by atoms with E-state index in [9.17, 15) is 27.9 Å². The van der Waals surface area contributed by atoms with Gasteiger partial charge in [0.2, 0.25) is 5.60 Å². The Morgan fingerprint density at radius 2 is 1.95 bits per heavy atom. The summed E-state index contributed by atoms with van der Waals surface area (Å²) in [6.45, 7) is 3.36. The zero-order valence-corrected chi connectivity index (χ0v) is 20.3. The molecular formula is C28H23F3N2O4. The van der Waals surface area contributed by atoms with Gasteiger partial charge >= 0.3 is 12.1 Å². The van der Waals surface area contributed by atoms with E-state index in [-0.39, 0.29) is 35.3 Å². The van der Waals surface area contributed by atoms with Crippen molar-refractivity contribution < 1.29 is 27.8 Å². The Morgan fingerprint density at radius 3 is 2.59 bits per heavy atom. The second kappa shape index (κ2) is 9.71. The van der Waals surface area contributed by atoms with Gasteiger partial charge in [0.05, 0.1) is 12.2 Å². The highest BCUT2D eigenvalue weighted by Gasteiger charge is 2.54. The standard InChI is InChI=1S/C28H23F3N2O4/c1-4-37-26(35)23-17(2)13-22-24(23)20(16-33(3)25(22)34)10-11-27(36,28(29,30)31)21-9-5-7-18(14-21)19-8-6-12-32-15-19/h5-9,12,14-16,36H,4,13H2,1-3H3. The van der Waals surface area contributed by atoms with E-state index in [0.717, 1.165) is 6.07 Å². The molecule has 37 heavy (non-hydrogen) atoms. The summed E-state index contributed by atoms with van der Waals surface area (Å²) in [5, 5.41) is 10.9. The molecule has 0 bridgehead atoms. The fourth-order valence-corrected chi connectivity index (χ4v) is 4.31.